The molecule has 9 nitrogen and oxygen atoms in total. The lowest BCUT2D eigenvalue weighted by Gasteiger charge is -2.64. The summed E-state index contributed by atoms with van der Waals surface area (Å²) < 4.78 is 25.6. The first kappa shape index (κ1) is 42.8. The Balaban J connectivity index is 1.01. The van der Waals surface area contributed by atoms with Crippen LogP contribution in [-0.2, 0) is 18.9 Å². The minimum Gasteiger partial charge on any atom is -0.393 e. The molecule has 0 amide bonds. The molecule has 55 heavy (non-hydrogen) atoms. The van der Waals surface area contributed by atoms with Crippen molar-refractivity contribution in [2.45, 2.75) is 188 Å². The Morgan fingerprint density at radius 3 is 2.20 bits per heavy atom. The van der Waals surface area contributed by atoms with Crippen LogP contribution in [0.2, 0.25) is 0 Å². The highest BCUT2D eigenvalue weighted by molar-refractivity contribution is 5.31. The molecule has 7 aliphatic rings. The normalized spacial score (nSPS) is 44.2. The molecule has 2 spiro atoms. The van der Waals surface area contributed by atoms with Crippen molar-refractivity contribution in [3.05, 3.63) is 0 Å². The minimum absolute atomic E-state index is 0.0541. The fraction of sp³-hybridized carbons (Fsp3) is 1.00. The Morgan fingerprint density at radius 2 is 1.56 bits per heavy atom. The highest BCUT2D eigenvalue weighted by Crippen LogP contribution is 2.89. The van der Waals surface area contributed by atoms with Gasteiger partial charge in [-0.15, -0.1) is 0 Å². The summed E-state index contributed by atoms with van der Waals surface area (Å²) in [4.78, 5) is 5.05. The summed E-state index contributed by atoms with van der Waals surface area (Å²) in [6, 6.07) is 0.560. The summed E-state index contributed by atoms with van der Waals surface area (Å²) >= 11 is 0. The first-order chi connectivity index (χ1) is 25.7. The number of aliphatic hydroxyl groups excluding tert-OH is 1. The van der Waals surface area contributed by atoms with Gasteiger partial charge in [-0.25, -0.2) is 0 Å². The third-order valence-corrected chi connectivity index (χ3v) is 18.2. The second-order valence-corrected chi connectivity index (χ2v) is 22.3. The van der Waals surface area contributed by atoms with Crippen molar-refractivity contribution < 1.29 is 34.3 Å². The number of methoxy groups -OCH3 is 1. The van der Waals surface area contributed by atoms with E-state index in [1.807, 2.05) is 34.6 Å². The second-order valence-electron chi connectivity index (χ2n) is 22.3. The molecule has 0 bridgehead atoms. The van der Waals surface area contributed by atoms with Gasteiger partial charge in [0.25, 0.3) is 0 Å². The molecule has 5 saturated carbocycles. The van der Waals surface area contributed by atoms with Gasteiger partial charge in [-0.05, 0) is 164 Å². The molecule has 2 unspecified atom stereocenters. The van der Waals surface area contributed by atoms with Gasteiger partial charge in [-0.1, -0.05) is 34.6 Å². The van der Waals surface area contributed by atoms with E-state index in [-0.39, 0.29) is 40.8 Å². The number of hydrogen-bond donors (Lipinski definition) is 3. The fourth-order valence-electron chi connectivity index (χ4n) is 15.6. The highest BCUT2D eigenvalue weighted by atomic mass is 16.7. The lowest BCUT2D eigenvalue weighted by atomic mass is 9.41. The molecule has 13 atom stereocenters. The van der Waals surface area contributed by atoms with Crippen LogP contribution in [0.15, 0.2) is 0 Å². The number of nitrogens with zero attached hydrogens (tertiary/aromatic N) is 2. The van der Waals surface area contributed by atoms with Gasteiger partial charge in [0.05, 0.1) is 36.1 Å². The third kappa shape index (κ3) is 7.13. The standard InChI is InChI=1S/C46H82N2O7/c1-12-53-39(42(7,8)51)33(52-11)25-30(2)32-26-36(49)44(10)35-14-13-34-41(5,6)37(15-18-45(34)28-46(35,45)20-19-43(32,44)9)55-38-27-48(23-24-54-38)31-16-21-47(22-17-31)29-40(3,4)50/h30-39,49-51H,12-29H2,1-11H3/t30-,32-,33?,34+,35?,36+,37+,38+,39+,43-,44-,45-,46+/m1/s1. The van der Waals surface area contributed by atoms with Crippen LogP contribution < -0.4 is 0 Å². The summed E-state index contributed by atoms with van der Waals surface area (Å²) in [5.41, 5.74) is -0.939. The smallest absolute Gasteiger partial charge is 0.170 e. The zero-order valence-electron chi connectivity index (χ0n) is 36.9. The molecule has 7 rings (SSSR count). The quantitative estimate of drug-likeness (QED) is 0.185. The Morgan fingerprint density at radius 1 is 0.891 bits per heavy atom. The predicted molar refractivity (Wildman–Crippen MR) is 217 cm³/mol. The first-order valence-electron chi connectivity index (χ1n) is 22.7. The maximum absolute atomic E-state index is 12.3. The average Bonchev–Trinajstić information content (AvgIpc) is 3.73. The number of morpholine rings is 1. The Hall–Kier alpha value is -0.360. The fourth-order valence-corrected chi connectivity index (χ4v) is 15.6. The van der Waals surface area contributed by atoms with Gasteiger partial charge in [0.1, 0.15) is 6.10 Å². The molecule has 2 heterocycles. The Labute approximate surface area is 334 Å². The molecule has 318 valence electrons. The van der Waals surface area contributed by atoms with Crippen LogP contribution >= 0.6 is 0 Å². The van der Waals surface area contributed by atoms with Gasteiger partial charge in [0.15, 0.2) is 6.29 Å². The van der Waals surface area contributed by atoms with E-state index in [0.29, 0.717) is 47.2 Å². The van der Waals surface area contributed by atoms with E-state index in [1.165, 1.54) is 38.5 Å². The van der Waals surface area contributed by atoms with Crippen LogP contribution in [0.25, 0.3) is 0 Å². The zero-order valence-corrected chi connectivity index (χ0v) is 36.9. The van der Waals surface area contributed by atoms with Crippen molar-refractivity contribution in [3.8, 4) is 0 Å². The van der Waals surface area contributed by atoms with Crippen molar-refractivity contribution >= 4 is 0 Å². The van der Waals surface area contributed by atoms with Crippen molar-refractivity contribution in [3.63, 3.8) is 0 Å². The predicted octanol–water partition coefficient (Wildman–Crippen LogP) is 6.89. The van der Waals surface area contributed by atoms with E-state index in [1.54, 1.807) is 7.11 Å². The van der Waals surface area contributed by atoms with Gasteiger partial charge in [-0.2, -0.15) is 0 Å². The molecular weight excluding hydrogens is 693 g/mol. The van der Waals surface area contributed by atoms with Crippen molar-refractivity contribution in [1.29, 1.82) is 0 Å². The lowest BCUT2D eigenvalue weighted by Crippen LogP contribution is -2.60. The summed E-state index contributed by atoms with van der Waals surface area (Å²) in [7, 11) is 1.75. The van der Waals surface area contributed by atoms with Crippen LogP contribution in [0.3, 0.4) is 0 Å². The summed E-state index contributed by atoms with van der Waals surface area (Å²) in [6.45, 7) is 27.8. The summed E-state index contributed by atoms with van der Waals surface area (Å²) in [5.74, 6) is 1.92. The molecule has 0 aromatic heterocycles. The van der Waals surface area contributed by atoms with Gasteiger partial charge < -0.3 is 39.2 Å². The molecule has 7 fully saturated rings. The van der Waals surface area contributed by atoms with E-state index in [9.17, 15) is 15.3 Å². The summed E-state index contributed by atoms with van der Waals surface area (Å²) in [5, 5.41) is 33.7. The van der Waals surface area contributed by atoms with Crippen molar-refractivity contribution in [2.75, 3.05) is 53.0 Å². The first-order valence-corrected chi connectivity index (χ1v) is 22.7. The van der Waals surface area contributed by atoms with E-state index in [4.69, 9.17) is 18.9 Å². The highest BCUT2D eigenvalue weighted by Gasteiger charge is 2.83. The second kappa shape index (κ2) is 15.0. The maximum atomic E-state index is 12.3. The van der Waals surface area contributed by atoms with Crippen LogP contribution in [0.1, 0.15) is 140 Å². The van der Waals surface area contributed by atoms with Crippen LogP contribution in [0.5, 0.6) is 0 Å². The topological polar surface area (TPSA) is 104 Å². The largest absolute Gasteiger partial charge is 0.393 e. The number of likely N-dealkylation sites (tertiary alicyclic amines) is 1. The number of rotatable bonds is 13. The number of hydrogen-bond acceptors (Lipinski definition) is 9. The van der Waals surface area contributed by atoms with Gasteiger partial charge in [-0.3, -0.25) is 4.90 Å². The van der Waals surface area contributed by atoms with Gasteiger partial charge in [0, 0.05) is 44.8 Å². The van der Waals surface area contributed by atoms with Crippen LogP contribution in [0.4, 0.5) is 0 Å². The van der Waals surface area contributed by atoms with E-state index < -0.39 is 17.3 Å². The SMILES string of the molecule is CCO[C@@H](C(C[C@@H](C)[C@H]1C[C@H](O)[C@@]2(C)C3CC[C@H]4C(C)(C)[C@@H](O[C@H]5CN(C6CCN(CC(C)(C)O)CC6)CCO5)CC[C@@]45C[C@@]35CC[C@]12C)OC)C(C)(C)O. The number of fused-ring (bicyclic) bond motifs is 2. The molecule has 9 heteroatoms. The number of β-amino-alcohol motifs (C(OH)–C–C–N with tert-alkyl or cyclic N) is 1. The van der Waals surface area contributed by atoms with E-state index in [2.05, 4.69) is 44.4 Å². The Bertz CT molecular complexity index is 1340. The van der Waals surface area contributed by atoms with Gasteiger partial charge in [0.2, 0.25) is 0 Å². The molecule has 2 saturated heterocycles. The summed E-state index contributed by atoms with van der Waals surface area (Å²) in [6.07, 6.45) is 11.7. The Kier molecular flexibility index (Phi) is 11.6. The van der Waals surface area contributed by atoms with Crippen molar-refractivity contribution in [2.24, 2.45) is 50.7 Å². The van der Waals surface area contributed by atoms with Gasteiger partial charge >= 0.3 is 0 Å². The van der Waals surface area contributed by atoms with Crippen LogP contribution in [0, 0.1) is 50.7 Å². The number of ether oxygens (including phenoxy) is 4. The minimum atomic E-state index is -1.00. The average molecular weight is 775 g/mol. The maximum Gasteiger partial charge on any atom is 0.170 e. The van der Waals surface area contributed by atoms with E-state index >= 15 is 0 Å². The number of aliphatic hydroxyl groups is 3. The molecule has 2 aliphatic heterocycles. The monoisotopic (exact) mass is 775 g/mol. The van der Waals surface area contributed by atoms with Crippen molar-refractivity contribution in [1.82, 2.24) is 9.80 Å². The molecule has 0 radical (unpaired) electrons. The number of piperidine rings is 1. The third-order valence-electron chi connectivity index (χ3n) is 18.2. The molecular formula is C46H82N2O7. The molecule has 0 aromatic rings. The molecule has 3 N–H and O–H groups in total. The van der Waals surface area contributed by atoms with E-state index in [0.717, 1.165) is 71.4 Å². The zero-order chi connectivity index (χ0) is 40.0. The molecule has 0 aromatic carbocycles. The molecule has 5 aliphatic carbocycles. The lowest BCUT2D eigenvalue weighted by molar-refractivity contribution is -0.251. The van der Waals surface area contributed by atoms with Crippen LogP contribution in [-0.4, -0.2) is 126 Å².